The van der Waals surface area contributed by atoms with Gasteiger partial charge in [0, 0.05) is 24.3 Å². The fourth-order valence-electron chi connectivity index (χ4n) is 5.16. The Labute approximate surface area is 234 Å². The Morgan fingerprint density at radius 3 is 2.65 bits per heavy atom. The largest absolute Gasteiger partial charge is 0.439 e. The molecule has 2 aliphatic rings. The molecule has 40 heavy (non-hydrogen) atoms. The number of pyridine rings is 2. The Hall–Kier alpha value is -4.77. The van der Waals surface area contributed by atoms with E-state index in [1.54, 1.807) is 29.4 Å². The second-order valence-corrected chi connectivity index (χ2v) is 10.7. The molecule has 1 aliphatic heterocycles. The number of aromatic nitrogens is 2. The van der Waals surface area contributed by atoms with E-state index in [-0.39, 0.29) is 23.9 Å². The highest BCUT2D eigenvalue weighted by Crippen LogP contribution is 2.46. The predicted octanol–water partition coefficient (Wildman–Crippen LogP) is 5.43. The molecule has 2 unspecified atom stereocenters. The summed E-state index contributed by atoms with van der Waals surface area (Å²) in [5.74, 6) is 0.578. The summed E-state index contributed by atoms with van der Waals surface area (Å²) in [5.41, 5.74) is 2.45. The Bertz CT molecular complexity index is 1650. The Kier molecular flexibility index (Phi) is 6.64. The zero-order valence-corrected chi connectivity index (χ0v) is 22.5. The lowest BCUT2D eigenvalue weighted by atomic mass is 10.1. The first-order chi connectivity index (χ1) is 19.4. The van der Waals surface area contributed by atoms with Crippen LogP contribution in [0.2, 0.25) is 0 Å². The molecule has 3 N–H and O–H groups in total. The number of nitrogens with one attached hydrogen (secondary N) is 3. The molecular formula is C29H26N6O4S. The number of carbonyl (C=O) groups is 3. The van der Waals surface area contributed by atoms with Crippen molar-refractivity contribution in [3.8, 4) is 11.6 Å². The topological polar surface area (TPSA) is 126 Å². The number of nitrogens with zero attached hydrogens (tertiary/aromatic N) is 3. The van der Waals surface area contributed by atoms with Crippen LogP contribution >= 0.6 is 11.3 Å². The number of ether oxygens (including phenoxy) is 1. The maximum absolute atomic E-state index is 13.5. The van der Waals surface area contributed by atoms with Crippen molar-refractivity contribution in [2.24, 2.45) is 0 Å². The summed E-state index contributed by atoms with van der Waals surface area (Å²) in [6.07, 6.45) is 6.62. The molecule has 1 saturated carbocycles. The van der Waals surface area contributed by atoms with Crippen LogP contribution < -0.4 is 25.6 Å². The van der Waals surface area contributed by atoms with Crippen molar-refractivity contribution in [2.75, 3.05) is 10.2 Å². The molecule has 4 aromatic rings. The van der Waals surface area contributed by atoms with E-state index >= 15 is 0 Å². The molecule has 1 aromatic carbocycles. The summed E-state index contributed by atoms with van der Waals surface area (Å²) >= 11 is 1.23. The summed E-state index contributed by atoms with van der Waals surface area (Å²) < 4.78 is 5.85. The van der Waals surface area contributed by atoms with Gasteiger partial charge in [-0.3, -0.25) is 14.5 Å². The minimum Gasteiger partial charge on any atom is -0.439 e. The summed E-state index contributed by atoms with van der Waals surface area (Å²) in [5, 5.41) is 9.57. The summed E-state index contributed by atoms with van der Waals surface area (Å²) in [7, 11) is 0. The van der Waals surface area contributed by atoms with Gasteiger partial charge >= 0.3 is 6.03 Å². The molecule has 1 fully saturated rings. The summed E-state index contributed by atoms with van der Waals surface area (Å²) in [4.78, 5) is 49.9. The molecule has 11 heteroatoms. The van der Waals surface area contributed by atoms with Crippen LogP contribution in [0, 0.1) is 6.92 Å². The number of thiophene rings is 1. The molecule has 202 valence electrons. The number of carbonyl (C=O) groups excluding carboxylic acids is 3. The van der Waals surface area contributed by atoms with Crippen LogP contribution in [0.15, 0.2) is 67.5 Å². The number of aryl methyl sites for hydroxylation is 1. The molecule has 0 saturated heterocycles. The van der Waals surface area contributed by atoms with Gasteiger partial charge in [0.2, 0.25) is 11.8 Å². The number of hydrogen-bond acceptors (Lipinski definition) is 7. The van der Waals surface area contributed by atoms with E-state index in [0.717, 1.165) is 18.4 Å². The molecule has 1 aliphatic carbocycles. The van der Waals surface area contributed by atoms with E-state index in [1.807, 2.05) is 37.3 Å². The molecule has 3 aromatic heterocycles. The third kappa shape index (κ3) is 4.75. The molecule has 4 amide bonds. The highest BCUT2D eigenvalue weighted by Gasteiger charge is 2.35. The molecule has 0 spiro atoms. The first kappa shape index (κ1) is 25.5. The minimum absolute atomic E-state index is 0.0144. The van der Waals surface area contributed by atoms with E-state index in [1.165, 1.54) is 17.4 Å². The van der Waals surface area contributed by atoms with Crippen LogP contribution in [0.25, 0.3) is 10.2 Å². The van der Waals surface area contributed by atoms with E-state index in [4.69, 9.17) is 4.74 Å². The monoisotopic (exact) mass is 554 g/mol. The molecular weight excluding hydrogens is 528 g/mol. The van der Waals surface area contributed by atoms with Crippen LogP contribution in [0.3, 0.4) is 0 Å². The standard InChI is InChI=1S/C29H26N6O4S/c1-3-22(36)32-17-9-10-18(14-17)33-27(37)26-25-24-20(11-12-30-28(24)40-26)35(29(38)34-25)21-15-31-23(13-16(21)2)39-19-7-5-4-6-8-19/h3-8,11-13,15,17-18H,1,9-10,14H2,2H3,(H,32,36)(H,33,37)(H,34,38). The van der Waals surface area contributed by atoms with Gasteiger partial charge in [0.15, 0.2) is 0 Å². The van der Waals surface area contributed by atoms with Crippen LogP contribution in [0.4, 0.5) is 21.9 Å². The average Bonchev–Trinajstić information content (AvgIpc) is 3.55. The van der Waals surface area contributed by atoms with Gasteiger partial charge in [0.1, 0.15) is 15.5 Å². The molecule has 2 atom stereocenters. The van der Waals surface area contributed by atoms with Crippen LogP contribution in [-0.4, -0.2) is 39.9 Å². The number of urea groups is 1. The van der Waals surface area contributed by atoms with Gasteiger partial charge in [-0.25, -0.2) is 14.8 Å². The number of amides is 4. The number of para-hydroxylation sites is 1. The third-order valence-corrected chi connectivity index (χ3v) is 8.11. The predicted molar refractivity (Wildman–Crippen MR) is 154 cm³/mol. The highest BCUT2D eigenvalue weighted by molar-refractivity contribution is 7.21. The number of hydrogen-bond donors (Lipinski definition) is 3. The number of anilines is 3. The van der Waals surface area contributed by atoms with Crippen LogP contribution in [0.5, 0.6) is 11.6 Å². The van der Waals surface area contributed by atoms with E-state index in [9.17, 15) is 14.4 Å². The van der Waals surface area contributed by atoms with Gasteiger partial charge in [-0.1, -0.05) is 24.8 Å². The quantitative estimate of drug-likeness (QED) is 0.262. The van der Waals surface area contributed by atoms with Crippen molar-refractivity contribution in [1.29, 1.82) is 0 Å². The smallest absolute Gasteiger partial charge is 0.331 e. The molecule has 10 nitrogen and oxygen atoms in total. The maximum atomic E-state index is 13.5. The minimum atomic E-state index is -0.401. The van der Waals surface area contributed by atoms with E-state index in [0.29, 0.717) is 50.2 Å². The zero-order chi connectivity index (χ0) is 27.8. The van der Waals surface area contributed by atoms with Gasteiger partial charge in [-0.05, 0) is 56.0 Å². The fraction of sp³-hybridized carbons (Fsp3) is 0.207. The average molecular weight is 555 g/mol. The summed E-state index contributed by atoms with van der Waals surface area (Å²) in [6.45, 7) is 5.37. The van der Waals surface area contributed by atoms with Crippen molar-refractivity contribution in [3.05, 3.63) is 78.0 Å². The van der Waals surface area contributed by atoms with Gasteiger partial charge < -0.3 is 20.7 Å². The summed E-state index contributed by atoms with van der Waals surface area (Å²) in [6, 6.07) is 12.4. The lowest BCUT2D eigenvalue weighted by Crippen LogP contribution is -2.37. The second kappa shape index (κ2) is 10.4. The molecule has 0 bridgehead atoms. The lowest BCUT2D eigenvalue weighted by molar-refractivity contribution is -0.117. The Morgan fingerprint density at radius 2 is 1.90 bits per heavy atom. The van der Waals surface area contributed by atoms with Crippen molar-refractivity contribution in [2.45, 2.75) is 38.3 Å². The van der Waals surface area contributed by atoms with Crippen LogP contribution in [0.1, 0.15) is 34.5 Å². The zero-order valence-electron chi connectivity index (χ0n) is 21.6. The molecule has 4 heterocycles. The van der Waals surface area contributed by atoms with Gasteiger partial charge in [0.05, 0.1) is 28.6 Å². The normalized spacial score (nSPS) is 17.8. The first-order valence-electron chi connectivity index (χ1n) is 12.9. The lowest BCUT2D eigenvalue weighted by Gasteiger charge is -2.29. The van der Waals surface area contributed by atoms with Crippen molar-refractivity contribution >= 4 is 56.5 Å². The van der Waals surface area contributed by atoms with Crippen LogP contribution in [-0.2, 0) is 4.79 Å². The van der Waals surface area contributed by atoms with Crippen molar-refractivity contribution in [3.63, 3.8) is 0 Å². The van der Waals surface area contributed by atoms with Crippen molar-refractivity contribution in [1.82, 2.24) is 20.6 Å². The Morgan fingerprint density at radius 1 is 1.12 bits per heavy atom. The van der Waals surface area contributed by atoms with Gasteiger partial charge in [0.25, 0.3) is 5.91 Å². The van der Waals surface area contributed by atoms with Gasteiger partial charge in [-0.15, -0.1) is 11.3 Å². The fourth-order valence-corrected chi connectivity index (χ4v) is 6.18. The highest BCUT2D eigenvalue weighted by atomic mass is 32.1. The Balaban J connectivity index is 1.27. The SMILES string of the molecule is C=CC(=O)NC1CCC(NC(=O)c2sc3nccc4c3c2NC(=O)N4c2cnc(Oc3ccccc3)cc2C)C1. The number of rotatable bonds is 7. The number of benzene rings is 1. The van der Waals surface area contributed by atoms with Gasteiger partial charge in [-0.2, -0.15) is 0 Å². The molecule has 0 radical (unpaired) electrons. The van der Waals surface area contributed by atoms with Crippen molar-refractivity contribution < 1.29 is 19.1 Å². The third-order valence-electron chi connectivity index (χ3n) is 7.02. The second-order valence-electron chi connectivity index (χ2n) is 9.70. The van der Waals surface area contributed by atoms with E-state index in [2.05, 4.69) is 32.5 Å². The van der Waals surface area contributed by atoms with E-state index < -0.39 is 6.03 Å². The molecule has 6 rings (SSSR count). The first-order valence-corrected chi connectivity index (χ1v) is 13.7. The maximum Gasteiger partial charge on any atom is 0.331 e.